The van der Waals surface area contributed by atoms with E-state index in [1.54, 1.807) is 0 Å². The molecule has 2 N–H and O–H groups in total. The number of hydrogen-bond donors (Lipinski definition) is 2. The number of nitriles is 1. The minimum atomic E-state index is -0.922. The van der Waals surface area contributed by atoms with Gasteiger partial charge in [0, 0.05) is 12.6 Å². The number of aliphatic hydroxyl groups is 1. The topological polar surface area (TPSA) is 84.6 Å². The van der Waals surface area contributed by atoms with Crippen molar-refractivity contribution in [1.29, 1.82) is 5.26 Å². The van der Waals surface area contributed by atoms with Crippen LogP contribution < -0.4 is 0 Å². The molecular weight excluding hydrogens is 220 g/mol. The molecule has 1 aliphatic heterocycles. The standard InChI is InChI=1S/C12H20N2O3/c1-12(2,5-6-15)7-9-3-4-10(11(16)17)14(9)8-13/h9-10,15H,3-7H2,1-2H3,(H,16,17). The second-order valence-electron chi connectivity index (χ2n) is 5.43. The van der Waals surface area contributed by atoms with Gasteiger partial charge in [0.2, 0.25) is 0 Å². The van der Waals surface area contributed by atoms with E-state index in [0.29, 0.717) is 12.8 Å². The second-order valence-corrected chi connectivity index (χ2v) is 5.43. The number of carboxylic acid groups (broad SMARTS) is 1. The van der Waals surface area contributed by atoms with E-state index in [2.05, 4.69) is 0 Å². The third-order valence-electron chi connectivity index (χ3n) is 3.48. The van der Waals surface area contributed by atoms with Gasteiger partial charge in [0.1, 0.15) is 6.04 Å². The molecule has 5 heteroatoms. The Kier molecular flexibility index (Phi) is 4.35. The molecule has 1 fully saturated rings. The molecule has 0 aliphatic carbocycles. The highest BCUT2D eigenvalue weighted by Crippen LogP contribution is 2.34. The van der Waals surface area contributed by atoms with Crippen LogP contribution in [0.1, 0.15) is 39.5 Å². The van der Waals surface area contributed by atoms with Crippen molar-refractivity contribution >= 4 is 5.97 Å². The maximum Gasteiger partial charge on any atom is 0.327 e. The quantitative estimate of drug-likeness (QED) is 0.705. The highest BCUT2D eigenvalue weighted by Gasteiger charge is 2.39. The van der Waals surface area contributed by atoms with E-state index in [-0.39, 0.29) is 18.1 Å². The third kappa shape index (κ3) is 3.34. The van der Waals surface area contributed by atoms with E-state index in [1.165, 1.54) is 4.90 Å². The first kappa shape index (κ1) is 13.8. The molecule has 0 aromatic heterocycles. The molecule has 0 aromatic rings. The summed E-state index contributed by atoms with van der Waals surface area (Å²) >= 11 is 0. The zero-order valence-corrected chi connectivity index (χ0v) is 10.4. The smallest absolute Gasteiger partial charge is 0.327 e. The van der Waals surface area contributed by atoms with Crippen molar-refractivity contribution in [3.8, 4) is 6.19 Å². The molecule has 0 bridgehead atoms. The van der Waals surface area contributed by atoms with Crippen LogP contribution in [-0.4, -0.2) is 39.8 Å². The number of likely N-dealkylation sites (tertiary alicyclic amines) is 1. The summed E-state index contributed by atoms with van der Waals surface area (Å²) in [4.78, 5) is 12.4. The molecule has 96 valence electrons. The van der Waals surface area contributed by atoms with Gasteiger partial charge in [0.25, 0.3) is 0 Å². The first-order chi connectivity index (χ1) is 7.91. The number of carboxylic acids is 1. The van der Waals surface area contributed by atoms with Gasteiger partial charge in [-0.25, -0.2) is 4.79 Å². The summed E-state index contributed by atoms with van der Waals surface area (Å²) in [7, 11) is 0. The molecule has 0 spiro atoms. The van der Waals surface area contributed by atoms with Crippen molar-refractivity contribution in [2.75, 3.05) is 6.61 Å². The summed E-state index contributed by atoms with van der Waals surface area (Å²) in [5.41, 5.74) is -0.0675. The first-order valence-corrected chi connectivity index (χ1v) is 5.93. The van der Waals surface area contributed by atoms with E-state index >= 15 is 0 Å². The van der Waals surface area contributed by atoms with E-state index in [4.69, 9.17) is 15.5 Å². The van der Waals surface area contributed by atoms with Gasteiger partial charge >= 0.3 is 5.97 Å². The summed E-state index contributed by atoms with van der Waals surface area (Å²) in [5, 5.41) is 27.0. The van der Waals surface area contributed by atoms with Gasteiger partial charge in [-0.05, 0) is 31.1 Å². The number of aliphatic carboxylic acids is 1. The largest absolute Gasteiger partial charge is 0.480 e. The fraction of sp³-hybridized carbons (Fsp3) is 0.833. The monoisotopic (exact) mass is 240 g/mol. The van der Waals surface area contributed by atoms with Gasteiger partial charge in [-0.2, -0.15) is 5.26 Å². The Morgan fingerprint density at radius 3 is 2.65 bits per heavy atom. The van der Waals surface area contributed by atoms with Crippen LogP contribution in [0.15, 0.2) is 0 Å². The summed E-state index contributed by atoms with van der Waals surface area (Å²) < 4.78 is 0. The lowest BCUT2D eigenvalue weighted by atomic mass is 9.82. The molecule has 1 aliphatic rings. The Bertz CT molecular complexity index is 322. The van der Waals surface area contributed by atoms with Crippen LogP contribution in [0.3, 0.4) is 0 Å². The lowest BCUT2D eigenvalue weighted by molar-refractivity contribution is -0.141. The molecule has 0 aromatic carbocycles. The fourth-order valence-electron chi connectivity index (χ4n) is 2.52. The van der Waals surface area contributed by atoms with Crippen molar-refractivity contribution < 1.29 is 15.0 Å². The highest BCUT2D eigenvalue weighted by molar-refractivity contribution is 5.74. The van der Waals surface area contributed by atoms with Crippen molar-refractivity contribution in [2.45, 2.75) is 51.6 Å². The molecule has 0 radical (unpaired) electrons. The maximum absolute atomic E-state index is 11.0. The Hall–Kier alpha value is -1.28. The zero-order valence-electron chi connectivity index (χ0n) is 10.4. The molecule has 2 atom stereocenters. The van der Waals surface area contributed by atoms with E-state index in [9.17, 15) is 4.79 Å². The van der Waals surface area contributed by atoms with Crippen LogP contribution in [0.25, 0.3) is 0 Å². The summed E-state index contributed by atoms with van der Waals surface area (Å²) in [6, 6.07) is -0.683. The molecule has 5 nitrogen and oxygen atoms in total. The van der Waals surface area contributed by atoms with E-state index in [0.717, 1.165) is 12.8 Å². The fourth-order valence-corrected chi connectivity index (χ4v) is 2.52. The second kappa shape index (κ2) is 5.37. The Morgan fingerprint density at radius 2 is 2.18 bits per heavy atom. The Labute approximate surface area is 102 Å². The van der Waals surface area contributed by atoms with Crippen molar-refractivity contribution in [3.63, 3.8) is 0 Å². The molecule has 0 saturated carbocycles. The minimum Gasteiger partial charge on any atom is -0.480 e. The molecule has 1 rings (SSSR count). The van der Waals surface area contributed by atoms with Gasteiger partial charge < -0.3 is 10.2 Å². The van der Waals surface area contributed by atoms with E-state index < -0.39 is 12.0 Å². The van der Waals surface area contributed by atoms with Gasteiger partial charge in [-0.1, -0.05) is 13.8 Å². The molecule has 2 unspecified atom stereocenters. The summed E-state index contributed by atoms with van der Waals surface area (Å²) in [6.07, 6.45) is 4.67. The number of carbonyl (C=O) groups is 1. The van der Waals surface area contributed by atoms with Crippen molar-refractivity contribution in [2.24, 2.45) is 5.41 Å². The van der Waals surface area contributed by atoms with Gasteiger partial charge in [-0.15, -0.1) is 0 Å². The predicted octanol–water partition coefficient (Wildman–Crippen LogP) is 1.18. The van der Waals surface area contributed by atoms with Gasteiger partial charge in [0.05, 0.1) is 0 Å². The van der Waals surface area contributed by atoms with Gasteiger partial charge in [-0.3, -0.25) is 4.90 Å². The lowest BCUT2D eigenvalue weighted by Gasteiger charge is -2.30. The van der Waals surface area contributed by atoms with Gasteiger partial charge in [0.15, 0.2) is 6.19 Å². The molecular formula is C12H20N2O3. The predicted molar refractivity (Wildman–Crippen MR) is 62.0 cm³/mol. The van der Waals surface area contributed by atoms with Crippen LogP contribution in [0.2, 0.25) is 0 Å². The first-order valence-electron chi connectivity index (χ1n) is 5.93. The van der Waals surface area contributed by atoms with Crippen LogP contribution in [-0.2, 0) is 4.79 Å². The van der Waals surface area contributed by atoms with Crippen LogP contribution >= 0.6 is 0 Å². The summed E-state index contributed by atoms with van der Waals surface area (Å²) in [6.45, 7) is 4.19. The van der Waals surface area contributed by atoms with Crippen molar-refractivity contribution in [3.05, 3.63) is 0 Å². The zero-order chi connectivity index (χ0) is 13.1. The highest BCUT2D eigenvalue weighted by atomic mass is 16.4. The number of nitrogens with zero attached hydrogens (tertiary/aromatic N) is 2. The number of hydrogen-bond acceptors (Lipinski definition) is 4. The molecule has 1 heterocycles. The lowest BCUT2D eigenvalue weighted by Crippen LogP contribution is -2.39. The van der Waals surface area contributed by atoms with E-state index in [1.807, 2.05) is 20.0 Å². The normalized spacial score (nSPS) is 24.7. The average Bonchev–Trinajstić information content (AvgIpc) is 2.59. The third-order valence-corrected chi connectivity index (χ3v) is 3.48. The van der Waals surface area contributed by atoms with Crippen molar-refractivity contribution in [1.82, 2.24) is 4.90 Å². The minimum absolute atomic E-state index is 0.0114. The molecule has 17 heavy (non-hydrogen) atoms. The van der Waals surface area contributed by atoms with Crippen LogP contribution in [0, 0.1) is 16.9 Å². The number of aliphatic hydroxyl groups excluding tert-OH is 1. The molecule has 1 saturated heterocycles. The average molecular weight is 240 g/mol. The van der Waals surface area contributed by atoms with Crippen LogP contribution in [0.4, 0.5) is 0 Å². The Balaban J connectivity index is 2.67. The maximum atomic E-state index is 11.0. The Morgan fingerprint density at radius 1 is 1.53 bits per heavy atom. The molecule has 0 amide bonds. The summed E-state index contributed by atoms with van der Waals surface area (Å²) in [5.74, 6) is -0.922. The SMILES string of the molecule is CC(C)(CCO)CC1CCC(C(=O)O)N1C#N. The van der Waals surface area contributed by atoms with Crippen LogP contribution in [0.5, 0.6) is 0 Å². The number of rotatable bonds is 5.